The molecule has 0 aromatic heterocycles. The van der Waals surface area contributed by atoms with Gasteiger partial charge in [0.05, 0.1) is 7.11 Å². The fourth-order valence-electron chi connectivity index (χ4n) is 3.09. The average Bonchev–Trinajstić information content (AvgIpc) is 3.37. The van der Waals surface area contributed by atoms with Crippen molar-refractivity contribution in [3.05, 3.63) is 29.8 Å². The fourth-order valence-corrected chi connectivity index (χ4v) is 3.09. The molecule has 1 spiro atoms. The van der Waals surface area contributed by atoms with Crippen molar-refractivity contribution in [2.75, 3.05) is 13.7 Å². The number of hydrogen-bond donors (Lipinski definition) is 1. The molecular weight excluding hydrogens is 252 g/mol. The molecule has 1 amide bonds. The van der Waals surface area contributed by atoms with Crippen LogP contribution >= 0.6 is 0 Å². The summed E-state index contributed by atoms with van der Waals surface area (Å²) in [6.07, 6.45) is 4.55. The van der Waals surface area contributed by atoms with Gasteiger partial charge >= 0.3 is 0 Å². The topological polar surface area (TPSA) is 41.6 Å². The van der Waals surface area contributed by atoms with Crippen molar-refractivity contribution in [1.82, 2.24) is 10.2 Å². The predicted octanol–water partition coefficient (Wildman–Crippen LogP) is 2.07. The smallest absolute Gasteiger partial charge is 0.244 e. The average molecular weight is 272 g/mol. The van der Waals surface area contributed by atoms with Crippen molar-refractivity contribution in [3.63, 3.8) is 0 Å². The minimum Gasteiger partial charge on any atom is -0.497 e. The summed E-state index contributed by atoms with van der Waals surface area (Å²) in [4.78, 5) is 14.7. The molecule has 3 aliphatic rings. The first kappa shape index (κ1) is 12.2. The maximum atomic E-state index is 12.6. The van der Waals surface area contributed by atoms with E-state index in [4.69, 9.17) is 4.74 Å². The van der Waals surface area contributed by atoms with Gasteiger partial charge in [0.25, 0.3) is 0 Å². The van der Waals surface area contributed by atoms with E-state index in [0.717, 1.165) is 36.6 Å². The Balaban J connectivity index is 1.61. The van der Waals surface area contributed by atoms with Crippen molar-refractivity contribution < 1.29 is 9.53 Å². The molecule has 1 N–H and O–H groups in total. The molecule has 1 heterocycles. The van der Waals surface area contributed by atoms with Gasteiger partial charge in [-0.2, -0.15) is 0 Å². The van der Waals surface area contributed by atoms with Crippen molar-refractivity contribution in [3.8, 4) is 5.75 Å². The van der Waals surface area contributed by atoms with Crippen LogP contribution in [0.3, 0.4) is 0 Å². The van der Waals surface area contributed by atoms with Crippen LogP contribution < -0.4 is 10.1 Å². The van der Waals surface area contributed by atoms with Crippen LogP contribution in [-0.4, -0.2) is 30.0 Å². The van der Waals surface area contributed by atoms with E-state index in [2.05, 4.69) is 22.3 Å². The largest absolute Gasteiger partial charge is 0.497 e. The molecule has 1 unspecified atom stereocenters. The number of carbonyl (C=O) groups is 1. The highest BCUT2D eigenvalue weighted by atomic mass is 16.5. The highest BCUT2D eigenvalue weighted by Gasteiger charge is 2.59. The Kier molecular flexibility index (Phi) is 2.58. The molecule has 0 radical (unpaired) electrons. The molecule has 4 rings (SSSR count). The predicted molar refractivity (Wildman–Crippen MR) is 75.3 cm³/mol. The Labute approximate surface area is 119 Å². The lowest BCUT2D eigenvalue weighted by atomic mass is 10.1. The van der Waals surface area contributed by atoms with E-state index >= 15 is 0 Å². The molecule has 0 bridgehead atoms. The van der Waals surface area contributed by atoms with E-state index in [9.17, 15) is 4.79 Å². The van der Waals surface area contributed by atoms with Crippen molar-refractivity contribution in [2.45, 2.75) is 37.4 Å². The molecular formula is C16H20N2O2. The zero-order valence-electron chi connectivity index (χ0n) is 11.8. The first-order valence-electron chi connectivity index (χ1n) is 7.45. The molecule has 4 heteroatoms. The second kappa shape index (κ2) is 4.22. The molecule has 4 nitrogen and oxygen atoms in total. The number of nitrogens with zero attached hydrogens (tertiary/aromatic N) is 1. The number of ether oxygens (including phenoxy) is 1. The first-order valence-corrected chi connectivity index (χ1v) is 7.45. The molecule has 1 aliphatic heterocycles. The van der Waals surface area contributed by atoms with Gasteiger partial charge in [0.15, 0.2) is 0 Å². The van der Waals surface area contributed by atoms with E-state index in [1.807, 2.05) is 12.1 Å². The molecule has 106 valence electrons. The van der Waals surface area contributed by atoms with E-state index < -0.39 is 0 Å². The van der Waals surface area contributed by atoms with Gasteiger partial charge in [0.2, 0.25) is 5.91 Å². The van der Waals surface area contributed by atoms with E-state index in [1.165, 1.54) is 12.8 Å². The van der Waals surface area contributed by atoms with Gasteiger partial charge < -0.3 is 9.64 Å². The lowest BCUT2D eigenvalue weighted by Crippen LogP contribution is -2.33. The lowest BCUT2D eigenvalue weighted by molar-refractivity contribution is -0.131. The Hall–Kier alpha value is -1.55. The quantitative estimate of drug-likeness (QED) is 0.912. The Morgan fingerprint density at radius 2 is 2.00 bits per heavy atom. The third kappa shape index (κ3) is 1.90. The van der Waals surface area contributed by atoms with Crippen LogP contribution in [0.25, 0.3) is 0 Å². The summed E-state index contributed by atoms with van der Waals surface area (Å²) in [6, 6.07) is 8.06. The minimum atomic E-state index is -0.237. The first-order chi connectivity index (χ1) is 9.72. The number of hydrogen-bond acceptors (Lipinski definition) is 3. The van der Waals surface area contributed by atoms with Crippen molar-refractivity contribution in [1.29, 1.82) is 0 Å². The molecule has 20 heavy (non-hydrogen) atoms. The third-order valence-corrected chi connectivity index (χ3v) is 4.73. The van der Waals surface area contributed by atoms with Crippen LogP contribution in [0, 0.1) is 5.92 Å². The maximum absolute atomic E-state index is 12.6. The molecule has 2 aliphatic carbocycles. The molecule has 1 aromatic carbocycles. The van der Waals surface area contributed by atoms with E-state index in [1.54, 1.807) is 7.11 Å². The molecule has 1 aromatic rings. The molecule has 2 saturated carbocycles. The van der Waals surface area contributed by atoms with Gasteiger partial charge in [-0.1, -0.05) is 12.1 Å². The van der Waals surface area contributed by atoms with Crippen LogP contribution in [0.2, 0.25) is 0 Å². The van der Waals surface area contributed by atoms with Gasteiger partial charge in [0.1, 0.15) is 17.5 Å². The van der Waals surface area contributed by atoms with E-state index in [-0.39, 0.29) is 11.7 Å². The highest BCUT2D eigenvalue weighted by Crippen LogP contribution is 2.47. The van der Waals surface area contributed by atoms with E-state index in [0.29, 0.717) is 5.91 Å². The standard InChI is InChI=1S/C16H20N2O2/c1-20-13-6-4-12(5-7-13)14-17-16(8-9-16)15(19)18(14)10-11-2-3-11/h4-7,11,14,17H,2-3,8-10H2,1H3. The summed E-state index contributed by atoms with van der Waals surface area (Å²) in [5.74, 6) is 1.88. The van der Waals surface area contributed by atoms with Crippen molar-refractivity contribution in [2.24, 2.45) is 5.92 Å². The Morgan fingerprint density at radius 3 is 2.55 bits per heavy atom. The third-order valence-electron chi connectivity index (χ3n) is 4.73. The van der Waals surface area contributed by atoms with Crippen LogP contribution in [0.15, 0.2) is 24.3 Å². The van der Waals surface area contributed by atoms with Gasteiger partial charge in [0, 0.05) is 6.54 Å². The number of methoxy groups -OCH3 is 1. The van der Waals surface area contributed by atoms with Crippen LogP contribution in [0.1, 0.15) is 37.4 Å². The molecule has 1 saturated heterocycles. The second-order valence-corrected chi connectivity index (χ2v) is 6.30. The number of nitrogens with one attached hydrogen (secondary N) is 1. The summed E-state index contributed by atoms with van der Waals surface area (Å²) in [7, 11) is 1.67. The van der Waals surface area contributed by atoms with Gasteiger partial charge in [-0.25, -0.2) is 0 Å². The monoisotopic (exact) mass is 272 g/mol. The number of amides is 1. The zero-order valence-corrected chi connectivity index (χ0v) is 11.8. The fraction of sp³-hybridized carbons (Fsp3) is 0.562. The van der Waals surface area contributed by atoms with Crippen molar-refractivity contribution >= 4 is 5.91 Å². The van der Waals surface area contributed by atoms with Gasteiger partial charge in [-0.05, 0) is 49.3 Å². The minimum absolute atomic E-state index is 0.0384. The van der Waals surface area contributed by atoms with Gasteiger partial charge in [-0.3, -0.25) is 10.1 Å². The van der Waals surface area contributed by atoms with Crippen LogP contribution in [-0.2, 0) is 4.79 Å². The summed E-state index contributed by atoms with van der Waals surface area (Å²) in [5, 5.41) is 3.56. The number of benzene rings is 1. The maximum Gasteiger partial charge on any atom is 0.244 e. The summed E-state index contributed by atoms with van der Waals surface area (Å²) in [6.45, 7) is 0.907. The number of rotatable bonds is 4. The zero-order chi connectivity index (χ0) is 13.7. The Morgan fingerprint density at radius 1 is 1.30 bits per heavy atom. The van der Waals surface area contributed by atoms with Crippen LogP contribution in [0.4, 0.5) is 0 Å². The summed E-state index contributed by atoms with van der Waals surface area (Å²) >= 11 is 0. The van der Waals surface area contributed by atoms with Crippen LogP contribution in [0.5, 0.6) is 5.75 Å². The highest BCUT2D eigenvalue weighted by molar-refractivity contribution is 5.92. The number of carbonyl (C=O) groups excluding carboxylic acids is 1. The molecule has 3 fully saturated rings. The SMILES string of the molecule is COc1ccc(C2NC3(CC3)C(=O)N2CC2CC2)cc1. The normalized spacial score (nSPS) is 27.1. The van der Waals surface area contributed by atoms with Gasteiger partial charge in [-0.15, -0.1) is 0 Å². The molecule has 1 atom stereocenters. The second-order valence-electron chi connectivity index (χ2n) is 6.30. The Bertz CT molecular complexity index is 532. The lowest BCUT2D eigenvalue weighted by Gasteiger charge is -2.24. The summed E-state index contributed by atoms with van der Waals surface area (Å²) < 4.78 is 5.21. The summed E-state index contributed by atoms with van der Waals surface area (Å²) in [5.41, 5.74) is 0.919.